The second-order valence-electron chi connectivity index (χ2n) is 14.6. The Morgan fingerprint density at radius 2 is 1.04 bits per heavy atom. The predicted molar refractivity (Wildman–Crippen MR) is 226 cm³/mol. The number of nitrogens with zero attached hydrogens (tertiary/aromatic N) is 4. The third kappa shape index (κ3) is 4.04. The average Bonchev–Trinajstić information content (AvgIpc) is 3.90. The molecule has 6 heteroatoms. The van der Waals surface area contributed by atoms with Gasteiger partial charge in [0.25, 0.3) is 0 Å². The van der Waals surface area contributed by atoms with Crippen LogP contribution < -0.4 is 4.74 Å². The Hall–Kier alpha value is -7.70. The second kappa shape index (κ2) is 10.9. The summed E-state index contributed by atoms with van der Waals surface area (Å²) in [4.78, 5) is 10.4. The van der Waals surface area contributed by atoms with Gasteiger partial charge in [0.1, 0.15) is 22.7 Å². The van der Waals surface area contributed by atoms with Crippen molar-refractivity contribution in [1.29, 1.82) is 0 Å². The van der Waals surface area contributed by atoms with E-state index in [9.17, 15) is 0 Å². The molecule has 0 saturated carbocycles. The van der Waals surface area contributed by atoms with Crippen molar-refractivity contribution in [3.8, 4) is 45.5 Å². The van der Waals surface area contributed by atoms with Crippen molar-refractivity contribution in [2.45, 2.75) is 0 Å². The Kier molecular flexibility index (Phi) is 5.80. The number of rotatable bonds is 3. The minimum atomic E-state index is 0.635. The zero-order valence-electron chi connectivity index (χ0n) is 29.8. The first-order chi connectivity index (χ1) is 27.7. The maximum atomic E-state index is 6.28. The molecule has 0 radical (unpaired) electrons. The first-order valence-electron chi connectivity index (χ1n) is 18.8. The van der Waals surface area contributed by atoms with Crippen molar-refractivity contribution in [1.82, 2.24) is 19.1 Å². The van der Waals surface area contributed by atoms with Crippen LogP contribution in [0.25, 0.3) is 110 Å². The van der Waals surface area contributed by atoms with Gasteiger partial charge in [-0.15, -0.1) is 0 Å². The van der Waals surface area contributed by atoms with E-state index in [1.807, 2.05) is 48.5 Å². The fourth-order valence-electron chi connectivity index (χ4n) is 9.04. The molecule has 0 bridgehead atoms. The summed E-state index contributed by atoms with van der Waals surface area (Å²) in [5.41, 5.74) is 12.4. The molecule has 4 aromatic heterocycles. The smallest absolute Gasteiger partial charge is 0.235 e. The van der Waals surface area contributed by atoms with Crippen molar-refractivity contribution >= 4 is 76.5 Å². The van der Waals surface area contributed by atoms with Gasteiger partial charge in [-0.2, -0.15) is 0 Å². The number of hydrogen-bond donors (Lipinski definition) is 0. The van der Waals surface area contributed by atoms with Crippen LogP contribution in [0.2, 0.25) is 0 Å². The molecule has 0 saturated heterocycles. The summed E-state index contributed by atoms with van der Waals surface area (Å²) >= 11 is 0. The van der Waals surface area contributed by atoms with Gasteiger partial charge in [-0.05, 0) is 96.1 Å². The van der Waals surface area contributed by atoms with E-state index in [0.717, 1.165) is 99.7 Å². The monoisotopic (exact) mass is 716 g/mol. The van der Waals surface area contributed by atoms with E-state index in [-0.39, 0.29) is 0 Å². The van der Waals surface area contributed by atoms with Gasteiger partial charge in [-0.3, -0.25) is 4.57 Å². The lowest BCUT2D eigenvalue weighted by atomic mass is 10.0. The topological polar surface area (TPSA) is 58.0 Å². The maximum absolute atomic E-state index is 6.28. The first-order valence-corrected chi connectivity index (χ1v) is 18.8. The number of fused-ring (bicyclic) bond motifs is 11. The van der Waals surface area contributed by atoms with Gasteiger partial charge >= 0.3 is 0 Å². The molecule has 56 heavy (non-hydrogen) atoms. The van der Waals surface area contributed by atoms with Crippen LogP contribution in [0.4, 0.5) is 0 Å². The molecule has 1 aliphatic heterocycles. The van der Waals surface area contributed by atoms with Gasteiger partial charge in [0.05, 0.1) is 38.7 Å². The highest BCUT2D eigenvalue weighted by atomic mass is 16.5. The van der Waals surface area contributed by atoms with Crippen LogP contribution in [0.5, 0.6) is 11.5 Å². The molecule has 0 N–H and O–H groups in total. The van der Waals surface area contributed by atoms with Crippen LogP contribution in [0.3, 0.4) is 0 Å². The molecule has 5 heterocycles. The zero-order valence-corrected chi connectivity index (χ0v) is 29.8. The van der Waals surface area contributed by atoms with Gasteiger partial charge in [0, 0.05) is 43.6 Å². The number of hydrogen-bond acceptors (Lipinski definition) is 4. The molecule has 0 atom stereocenters. The Bertz CT molecular complexity index is 3640. The van der Waals surface area contributed by atoms with Gasteiger partial charge in [0.2, 0.25) is 5.95 Å². The fourth-order valence-corrected chi connectivity index (χ4v) is 9.04. The fraction of sp³-hybridized carbons (Fsp3) is 0. The summed E-state index contributed by atoms with van der Waals surface area (Å²) in [6.07, 6.45) is 0. The Balaban J connectivity index is 0.991. The summed E-state index contributed by atoms with van der Waals surface area (Å²) in [6.45, 7) is 0. The lowest BCUT2D eigenvalue weighted by molar-refractivity contribution is 0.486. The molecule has 0 unspecified atom stereocenters. The zero-order chi connectivity index (χ0) is 36.5. The SMILES string of the molecule is c1ccc2c(c1)Oc1cccc3nc(-n4c5ccccc5c5cc(-c6ccc7c(c6)c6ccccc6n7-c6ccc7oc8ccccc8c7c6)ccc54)nc-2c13. The summed E-state index contributed by atoms with van der Waals surface area (Å²) in [5.74, 6) is 2.22. The Morgan fingerprint density at radius 1 is 0.411 bits per heavy atom. The molecule has 260 valence electrons. The highest BCUT2D eigenvalue weighted by Gasteiger charge is 2.25. The molecule has 0 fully saturated rings. The number of para-hydroxylation sites is 4. The highest BCUT2D eigenvalue weighted by Crippen LogP contribution is 2.46. The molecule has 0 aliphatic carbocycles. The van der Waals surface area contributed by atoms with Gasteiger partial charge in [-0.1, -0.05) is 84.9 Å². The summed E-state index contributed by atoms with van der Waals surface area (Å²) in [7, 11) is 0. The minimum Gasteiger partial charge on any atom is -0.456 e. The molecule has 8 aromatic carbocycles. The largest absolute Gasteiger partial charge is 0.456 e. The molecule has 1 aliphatic rings. The van der Waals surface area contributed by atoms with E-state index in [1.54, 1.807) is 0 Å². The van der Waals surface area contributed by atoms with Crippen LogP contribution in [-0.2, 0) is 0 Å². The minimum absolute atomic E-state index is 0.635. The van der Waals surface area contributed by atoms with Gasteiger partial charge in [-0.25, -0.2) is 9.97 Å². The third-order valence-electron chi connectivity index (χ3n) is 11.5. The Morgan fingerprint density at radius 3 is 1.84 bits per heavy atom. The Labute approximate surface area is 319 Å². The highest BCUT2D eigenvalue weighted by molar-refractivity contribution is 6.13. The molecular weight excluding hydrogens is 689 g/mol. The standard InChI is InChI=1S/C50H28N4O2/c1-5-15-40-32(10-1)36-26-29(20-23-42(36)53(40)31-22-25-46-38(28-31)34-12-3-7-17-44(34)55-46)30-21-24-43-37(27-30)33-11-2-6-16-41(33)54(43)50-51-39-14-9-19-47-48(39)49(52-50)35-13-4-8-18-45(35)56-47/h1-28H. The lowest BCUT2D eigenvalue weighted by Crippen LogP contribution is -2.06. The van der Waals surface area contributed by atoms with E-state index in [1.165, 1.54) is 16.3 Å². The van der Waals surface area contributed by atoms with Crippen LogP contribution in [-0.4, -0.2) is 19.1 Å². The second-order valence-corrected chi connectivity index (χ2v) is 14.6. The molecule has 12 aromatic rings. The molecule has 13 rings (SSSR count). The molecule has 6 nitrogen and oxygen atoms in total. The number of furan rings is 1. The lowest BCUT2D eigenvalue weighted by Gasteiger charge is -2.20. The van der Waals surface area contributed by atoms with Crippen molar-refractivity contribution < 1.29 is 9.15 Å². The predicted octanol–water partition coefficient (Wildman–Crippen LogP) is 13.2. The van der Waals surface area contributed by atoms with Crippen molar-refractivity contribution in [2.75, 3.05) is 0 Å². The van der Waals surface area contributed by atoms with Gasteiger partial charge in [0.15, 0.2) is 0 Å². The summed E-state index contributed by atoms with van der Waals surface area (Å²) < 4.78 is 17.0. The van der Waals surface area contributed by atoms with E-state index in [4.69, 9.17) is 19.1 Å². The van der Waals surface area contributed by atoms with Crippen LogP contribution in [0.1, 0.15) is 0 Å². The first kappa shape index (κ1) is 29.7. The van der Waals surface area contributed by atoms with Crippen LogP contribution >= 0.6 is 0 Å². The van der Waals surface area contributed by atoms with E-state index < -0.39 is 0 Å². The number of ether oxygens (including phenoxy) is 1. The van der Waals surface area contributed by atoms with E-state index in [2.05, 4.69) is 130 Å². The van der Waals surface area contributed by atoms with E-state index >= 15 is 0 Å². The summed E-state index contributed by atoms with van der Waals surface area (Å²) in [6, 6.07) is 59.7. The van der Waals surface area contributed by atoms with Crippen molar-refractivity contribution in [3.63, 3.8) is 0 Å². The average molecular weight is 717 g/mol. The maximum Gasteiger partial charge on any atom is 0.235 e. The quantitative estimate of drug-likeness (QED) is 0.183. The van der Waals surface area contributed by atoms with E-state index in [0.29, 0.717) is 5.95 Å². The van der Waals surface area contributed by atoms with Crippen LogP contribution in [0, 0.1) is 0 Å². The number of benzene rings is 8. The van der Waals surface area contributed by atoms with Crippen LogP contribution in [0.15, 0.2) is 174 Å². The molecule has 0 amide bonds. The molecule has 0 spiro atoms. The van der Waals surface area contributed by atoms with Gasteiger partial charge < -0.3 is 13.7 Å². The third-order valence-corrected chi connectivity index (χ3v) is 11.5. The molecular formula is C50H28N4O2. The van der Waals surface area contributed by atoms with Crippen molar-refractivity contribution in [3.05, 3.63) is 170 Å². The summed E-state index contributed by atoms with van der Waals surface area (Å²) in [5, 5.41) is 7.90. The van der Waals surface area contributed by atoms with Crippen molar-refractivity contribution in [2.24, 2.45) is 0 Å². The normalized spacial score (nSPS) is 12.4. The number of aromatic nitrogens is 4.